The summed E-state index contributed by atoms with van der Waals surface area (Å²) in [4.78, 5) is 12.3. The molecule has 0 aliphatic carbocycles. The van der Waals surface area contributed by atoms with Crippen LogP contribution in [0, 0.1) is 0 Å². The lowest BCUT2D eigenvalue weighted by Gasteiger charge is -2.18. The molecule has 8 heteroatoms. The summed E-state index contributed by atoms with van der Waals surface area (Å²) in [6.45, 7) is 0.912. The largest absolute Gasteiger partial charge is 0.481 e. The number of carbonyl (C=O) groups excluding carboxylic acids is 1. The van der Waals surface area contributed by atoms with Crippen molar-refractivity contribution in [2.24, 2.45) is 5.73 Å². The topological polar surface area (TPSA) is 52.3 Å². The van der Waals surface area contributed by atoms with Crippen molar-refractivity contribution in [3.05, 3.63) is 64.7 Å². The van der Waals surface area contributed by atoms with Crippen LogP contribution in [0.5, 0.6) is 5.75 Å². The summed E-state index contributed by atoms with van der Waals surface area (Å²) in [5, 5.41) is 0.527. The van der Waals surface area contributed by atoms with Crippen LogP contribution in [0.15, 0.2) is 48.5 Å². The molecule has 2 unspecified atom stereocenters. The molecule has 136 valence electrons. The number of ketones is 1. The Morgan fingerprint density at radius 1 is 1.08 bits per heavy atom. The molecule has 0 spiro atoms. The lowest BCUT2D eigenvalue weighted by Crippen LogP contribution is -2.31. The van der Waals surface area contributed by atoms with E-state index in [0.717, 1.165) is 6.92 Å². The standard InChI is InChI=1S/C17H15ClF3NO2.ClH/c1-10(17(19,20)21)24-14-8-4-12(5-9-14)16(23)15(22)11-2-6-13(18)7-3-11;/h2-10,15H,22H2,1H3;1H. The van der Waals surface area contributed by atoms with Crippen LogP contribution in [-0.4, -0.2) is 18.1 Å². The third-order valence-electron chi connectivity index (χ3n) is 3.42. The molecule has 2 atom stereocenters. The molecule has 0 saturated carbocycles. The molecule has 0 saturated heterocycles. The minimum absolute atomic E-state index is 0. The van der Waals surface area contributed by atoms with Crippen molar-refractivity contribution in [3.8, 4) is 5.75 Å². The first-order valence-electron chi connectivity index (χ1n) is 7.07. The first-order chi connectivity index (χ1) is 11.2. The minimum Gasteiger partial charge on any atom is -0.481 e. The fraction of sp³-hybridized carbons (Fsp3) is 0.235. The maximum absolute atomic E-state index is 12.5. The Hall–Kier alpha value is -1.76. The second-order valence-corrected chi connectivity index (χ2v) is 5.66. The molecule has 2 aromatic carbocycles. The zero-order chi connectivity index (χ0) is 17.9. The average Bonchev–Trinajstić information content (AvgIpc) is 2.54. The molecular formula is C17H16Cl2F3NO2. The molecule has 0 bridgehead atoms. The molecule has 0 aliphatic heterocycles. The number of rotatable bonds is 5. The summed E-state index contributed by atoms with van der Waals surface area (Å²) >= 11 is 5.78. The highest BCUT2D eigenvalue weighted by Crippen LogP contribution is 2.26. The molecule has 2 rings (SSSR count). The monoisotopic (exact) mass is 393 g/mol. The van der Waals surface area contributed by atoms with E-state index in [4.69, 9.17) is 22.1 Å². The van der Waals surface area contributed by atoms with Crippen LogP contribution in [0.25, 0.3) is 0 Å². The van der Waals surface area contributed by atoms with Gasteiger partial charge in [-0.1, -0.05) is 23.7 Å². The molecule has 0 aromatic heterocycles. The van der Waals surface area contributed by atoms with E-state index < -0.39 is 18.3 Å². The van der Waals surface area contributed by atoms with Crippen molar-refractivity contribution in [1.82, 2.24) is 0 Å². The van der Waals surface area contributed by atoms with Gasteiger partial charge < -0.3 is 10.5 Å². The van der Waals surface area contributed by atoms with Crippen molar-refractivity contribution in [2.45, 2.75) is 25.2 Å². The van der Waals surface area contributed by atoms with E-state index in [-0.39, 0.29) is 29.5 Å². The smallest absolute Gasteiger partial charge is 0.425 e. The summed E-state index contributed by atoms with van der Waals surface area (Å²) in [5.41, 5.74) is 6.80. The van der Waals surface area contributed by atoms with Crippen LogP contribution in [0.4, 0.5) is 13.2 Å². The molecule has 25 heavy (non-hydrogen) atoms. The van der Waals surface area contributed by atoms with Crippen LogP contribution in [0.3, 0.4) is 0 Å². The van der Waals surface area contributed by atoms with Gasteiger partial charge in [0.05, 0.1) is 6.04 Å². The Bertz CT molecular complexity index is 703. The molecule has 3 nitrogen and oxygen atoms in total. The van der Waals surface area contributed by atoms with E-state index >= 15 is 0 Å². The number of hydrogen-bond acceptors (Lipinski definition) is 3. The lowest BCUT2D eigenvalue weighted by atomic mass is 9.98. The Labute approximate surface area is 154 Å². The van der Waals surface area contributed by atoms with Gasteiger partial charge in [-0.25, -0.2) is 0 Å². The molecule has 2 aromatic rings. The van der Waals surface area contributed by atoms with E-state index in [1.807, 2.05) is 0 Å². The number of benzene rings is 2. The normalized spacial score (nSPS) is 13.5. The third kappa shape index (κ3) is 5.63. The van der Waals surface area contributed by atoms with E-state index in [0.29, 0.717) is 10.6 Å². The van der Waals surface area contributed by atoms with Gasteiger partial charge in [-0.05, 0) is 48.9 Å². The van der Waals surface area contributed by atoms with E-state index in [9.17, 15) is 18.0 Å². The zero-order valence-electron chi connectivity index (χ0n) is 13.1. The summed E-state index contributed by atoms with van der Waals surface area (Å²) in [6.07, 6.45) is -6.39. The van der Waals surface area contributed by atoms with Gasteiger partial charge in [-0.15, -0.1) is 12.4 Å². The predicted octanol–water partition coefficient (Wildman–Crippen LogP) is 4.97. The van der Waals surface area contributed by atoms with E-state index in [1.165, 1.54) is 24.3 Å². The molecule has 0 radical (unpaired) electrons. The Kier molecular flexibility index (Phi) is 7.29. The fourth-order valence-electron chi connectivity index (χ4n) is 1.97. The summed E-state index contributed by atoms with van der Waals surface area (Å²) in [7, 11) is 0. The SMILES string of the molecule is CC(Oc1ccc(C(=O)C(N)c2ccc(Cl)cc2)cc1)C(F)(F)F.Cl. The predicted molar refractivity (Wildman–Crippen MR) is 92.5 cm³/mol. The highest BCUT2D eigenvalue weighted by atomic mass is 35.5. The van der Waals surface area contributed by atoms with Gasteiger partial charge in [-0.3, -0.25) is 4.79 Å². The van der Waals surface area contributed by atoms with Gasteiger partial charge in [0.15, 0.2) is 11.9 Å². The summed E-state index contributed by atoms with van der Waals surface area (Å²) in [5.74, 6) is -0.329. The number of carbonyl (C=O) groups is 1. The van der Waals surface area contributed by atoms with Crippen LogP contribution in [0.1, 0.15) is 28.9 Å². The molecule has 0 heterocycles. The second kappa shape index (κ2) is 8.56. The van der Waals surface area contributed by atoms with Gasteiger partial charge >= 0.3 is 6.18 Å². The van der Waals surface area contributed by atoms with Gasteiger partial charge in [0.25, 0.3) is 0 Å². The van der Waals surface area contributed by atoms with E-state index in [2.05, 4.69) is 0 Å². The van der Waals surface area contributed by atoms with Gasteiger partial charge in [-0.2, -0.15) is 13.2 Å². The van der Waals surface area contributed by atoms with Crippen molar-refractivity contribution in [2.75, 3.05) is 0 Å². The van der Waals surface area contributed by atoms with E-state index in [1.54, 1.807) is 24.3 Å². The molecule has 2 N–H and O–H groups in total. The minimum atomic E-state index is -4.45. The van der Waals surface area contributed by atoms with Crippen molar-refractivity contribution < 1.29 is 22.7 Å². The quantitative estimate of drug-likeness (QED) is 0.729. The average molecular weight is 394 g/mol. The van der Waals surface area contributed by atoms with Crippen molar-refractivity contribution >= 4 is 29.8 Å². The maximum Gasteiger partial charge on any atom is 0.425 e. The molecule has 0 aliphatic rings. The summed E-state index contributed by atoms with van der Waals surface area (Å²) < 4.78 is 42.2. The van der Waals surface area contributed by atoms with Gasteiger partial charge in [0.1, 0.15) is 5.75 Å². The molecular weight excluding hydrogens is 378 g/mol. The second-order valence-electron chi connectivity index (χ2n) is 5.22. The lowest BCUT2D eigenvalue weighted by molar-refractivity contribution is -0.189. The number of nitrogens with two attached hydrogens (primary N) is 1. The van der Waals surface area contributed by atoms with Crippen LogP contribution >= 0.6 is 24.0 Å². The van der Waals surface area contributed by atoms with Crippen LogP contribution in [-0.2, 0) is 0 Å². The number of Topliss-reactive ketones (excluding diaryl/α,β-unsaturated/α-hetero) is 1. The number of ether oxygens (including phenoxy) is 1. The highest BCUT2D eigenvalue weighted by molar-refractivity contribution is 6.30. The molecule has 0 amide bonds. The first-order valence-corrected chi connectivity index (χ1v) is 7.45. The summed E-state index contributed by atoms with van der Waals surface area (Å²) in [6, 6.07) is 11.0. The maximum atomic E-state index is 12.5. The van der Waals surface area contributed by atoms with Gasteiger partial charge in [0.2, 0.25) is 0 Å². The van der Waals surface area contributed by atoms with Crippen LogP contribution in [0.2, 0.25) is 5.02 Å². The first kappa shape index (κ1) is 21.3. The Morgan fingerprint density at radius 3 is 2.08 bits per heavy atom. The zero-order valence-corrected chi connectivity index (χ0v) is 14.7. The number of hydrogen-bond donors (Lipinski definition) is 1. The number of alkyl halides is 3. The van der Waals surface area contributed by atoms with Crippen LogP contribution < -0.4 is 10.5 Å². The Morgan fingerprint density at radius 2 is 1.60 bits per heavy atom. The molecule has 0 fully saturated rings. The fourth-order valence-corrected chi connectivity index (χ4v) is 2.10. The highest BCUT2D eigenvalue weighted by Gasteiger charge is 2.38. The van der Waals surface area contributed by atoms with Gasteiger partial charge in [0, 0.05) is 10.6 Å². The third-order valence-corrected chi connectivity index (χ3v) is 3.68. The van der Waals surface area contributed by atoms with Crippen molar-refractivity contribution in [3.63, 3.8) is 0 Å². The number of halogens is 5. The Balaban J connectivity index is 0.00000312. The van der Waals surface area contributed by atoms with Crippen molar-refractivity contribution in [1.29, 1.82) is 0 Å².